The molecule has 2 fully saturated rings. The molecule has 22 heavy (non-hydrogen) atoms. The maximum absolute atomic E-state index is 12.2. The van der Waals surface area contributed by atoms with Crippen LogP contribution in [0.25, 0.3) is 0 Å². The van der Waals surface area contributed by atoms with Crippen molar-refractivity contribution in [3.8, 4) is 0 Å². The number of likely N-dealkylation sites (tertiary alicyclic amines) is 1. The Labute approximate surface area is 133 Å². The van der Waals surface area contributed by atoms with E-state index in [1.807, 2.05) is 24.1 Å². The van der Waals surface area contributed by atoms with Gasteiger partial charge in [0.15, 0.2) is 0 Å². The van der Waals surface area contributed by atoms with Crippen molar-refractivity contribution in [3.05, 3.63) is 18.0 Å². The van der Waals surface area contributed by atoms with Gasteiger partial charge in [-0.3, -0.25) is 9.58 Å². The molecule has 0 bridgehead atoms. The molecule has 7 heteroatoms. The summed E-state index contributed by atoms with van der Waals surface area (Å²) >= 11 is 0. The summed E-state index contributed by atoms with van der Waals surface area (Å²) in [5.74, 6) is 0. The van der Waals surface area contributed by atoms with Crippen LogP contribution >= 0.6 is 0 Å². The lowest BCUT2D eigenvalue weighted by molar-refractivity contribution is 0.0337. The van der Waals surface area contributed by atoms with Crippen molar-refractivity contribution in [2.45, 2.75) is 44.2 Å². The van der Waals surface area contributed by atoms with Crippen LogP contribution in [0.5, 0.6) is 0 Å². The molecular weight excluding hydrogens is 300 g/mol. The zero-order valence-corrected chi connectivity index (χ0v) is 14.3. The summed E-state index contributed by atoms with van der Waals surface area (Å²) < 4.78 is 28.1. The summed E-state index contributed by atoms with van der Waals surface area (Å²) in [5.41, 5.74) is 1.01. The SMILES string of the molecule is Cn1cc(CN2CCC[C@]3(CCCCN3S(C)(=O)=O)C2)cn1. The predicted octanol–water partition coefficient (Wildman–Crippen LogP) is 1.20. The van der Waals surface area contributed by atoms with Crippen molar-refractivity contribution in [3.63, 3.8) is 0 Å². The molecule has 0 aliphatic carbocycles. The second kappa shape index (κ2) is 5.94. The van der Waals surface area contributed by atoms with Gasteiger partial charge in [0.05, 0.1) is 12.5 Å². The number of aromatic nitrogens is 2. The van der Waals surface area contributed by atoms with Gasteiger partial charge in [-0.05, 0) is 32.2 Å². The first kappa shape index (κ1) is 16.0. The van der Waals surface area contributed by atoms with E-state index in [9.17, 15) is 8.42 Å². The van der Waals surface area contributed by atoms with Gasteiger partial charge in [0.2, 0.25) is 10.0 Å². The Hall–Kier alpha value is -0.920. The lowest BCUT2D eigenvalue weighted by atomic mass is 9.81. The predicted molar refractivity (Wildman–Crippen MR) is 85.9 cm³/mol. The summed E-state index contributed by atoms with van der Waals surface area (Å²) in [6, 6.07) is 0. The Morgan fingerprint density at radius 2 is 2.00 bits per heavy atom. The highest BCUT2D eigenvalue weighted by Crippen LogP contribution is 2.38. The molecule has 1 aromatic rings. The molecule has 1 atom stereocenters. The maximum atomic E-state index is 12.2. The van der Waals surface area contributed by atoms with Gasteiger partial charge in [-0.1, -0.05) is 6.42 Å². The monoisotopic (exact) mass is 326 g/mol. The Morgan fingerprint density at radius 1 is 1.23 bits per heavy atom. The van der Waals surface area contributed by atoms with Crippen LogP contribution in [0.1, 0.15) is 37.7 Å². The third-order valence-electron chi connectivity index (χ3n) is 4.98. The van der Waals surface area contributed by atoms with Crippen LogP contribution < -0.4 is 0 Å². The summed E-state index contributed by atoms with van der Waals surface area (Å²) in [5, 5.41) is 4.22. The molecule has 3 rings (SSSR count). The minimum Gasteiger partial charge on any atom is -0.297 e. The van der Waals surface area contributed by atoms with Crippen molar-refractivity contribution < 1.29 is 8.42 Å². The molecule has 2 saturated heterocycles. The van der Waals surface area contributed by atoms with Crippen molar-refractivity contribution in [1.29, 1.82) is 0 Å². The first-order chi connectivity index (χ1) is 10.4. The van der Waals surface area contributed by atoms with Crippen molar-refractivity contribution in [2.75, 3.05) is 25.9 Å². The van der Waals surface area contributed by atoms with E-state index < -0.39 is 10.0 Å². The highest BCUT2D eigenvalue weighted by Gasteiger charge is 2.45. The molecule has 0 unspecified atom stereocenters. The Kier molecular flexibility index (Phi) is 4.31. The van der Waals surface area contributed by atoms with Gasteiger partial charge in [0.1, 0.15) is 0 Å². The van der Waals surface area contributed by atoms with E-state index in [0.717, 1.165) is 51.7 Å². The largest absolute Gasteiger partial charge is 0.297 e. The molecule has 1 spiro atoms. The molecule has 0 N–H and O–H groups in total. The lowest BCUT2D eigenvalue weighted by Crippen LogP contribution is -2.61. The molecule has 0 saturated carbocycles. The normalized spacial score (nSPS) is 28.3. The van der Waals surface area contributed by atoms with Crippen LogP contribution in [-0.2, 0) is 23.6 Å². The van der Waals surface area contributed by atoms with Gasteiger partial charge < -0.3 is 0 Å². The second-order valence-corrected chi connectivity index (χ2v) is 8.76. The van der Waals surface area contributed by atoms with E-state index in [4.69, 9.17) is 0 Å². The van der Waals surface area contributed by atoms with E-state index in [1.54, 1.807) is 4.31 Å². The number of sulfonamides is 1. The Balaban J connectivity index is 1.78. The fourth-order valence-corrected chi connectivity index (χ4v) is 5.55. The van der Waals surface area contributed by atoms with Crippen LogP contribution in [0.2, 0.25) is 0 Å². The van der Waals surface area contributed by atoms with Crippen molar-refractivity contribution in [1.82, 2.24) is 19.0 Å². The van der Waals surface area contributed by atoms with Gasteiger partial charge in [-0.15, -0.1) is 0 Å². The van der Waals surface area contributed by atoms with E-state index in [-0.39, 0.29) is 5.54 Å². The number of hydrogen-bond donors (Lipinski definition) is 0. The number of aryl methyl sites for hydroxylation is 1. The van der Waals surface area contributed by atoms with Gasteiger partial charge in [-0.2, -0.15) is 9.40 Å². The topological polar surface area (TPSA) is 58.4 Å². The highest BCUT2D eigenvalue weighted by molar-refractivity contribution is 7.88. The van der Waals surface area contributed by atoms with Crippen LogP contribution in [-0.4, -0.2) is 58.8 Å². The smallest absolute Gasteiger partial charge is 0.211 e. The number of piperidine rings is 2. The molecule has 0 radical (unpaired) electrons. The van der Waals surface area contributed by atoms with Gasteiger partial charge in [-0.25, -0.2) is 8.42 Å². The van der Waals surface area contributed by atoms with Crippen molar-refractivity contribution >= 4 is 10.0 Å². The summed E-state index contributed by atoms with van der Waals surface area (Å²) in [7, 11) is -1.21. The Bertz CT molecular complexity index is 623. The molecular formula is C15H26N4O2S. The molecule has 124 valence electrons. The van der Waals surface area contributed by atoms with Crippen molar-refractivity contribution in [2.24, 2.45) is 7.05 Å². The third-order valence-corrected chi connectivity index (χ3v) is 6.35. The first-order valence-corrected chi connectivity index (χ1v) is 9.92. The molecule has 6 nitrogen and oxygen atoms in total. The van der Waals surface area contributed by atoms with E-state index in [2.05, 4.69) is 10.00 Å². The van der Waals surface area contributed by atoms with E-state index in [0.29, 0.717) is 6.54 Å². The fraction of sp³-hybridized carbons (Fsp3) is 0.800. The molecule has 3 heterocycles. The van der Waals surface area contributed by atoms with E-state index in [1.165, 1.54) is 11.8 Å². The average molecular weight is 326 g/mol. The number of hydrogen-bond acceptors (Lipinski definition) is 4. The molecule has 2 aliphatic heterocycles. The fourth-order valence-electron chi connectivity index (χ4n) is 4.15. The summed E-state index contributed by atoms with van der Waals surface area (Å²) in [4.78, 5) is 2.39. The van der Waals surface area contributed by atoms with Gasteiger partial charge in [0, 0.05) is 44.0 Å². The first-order valence-electron chi connectivity index (χ1n) is 8.07. The summed E-state index contributed by atoms with van der Waals surface area (Å²) in [6.45, 7) is 3.41. The molecule has 1 aromatic heterocycles. The average Bonchev–Trinajstić information content (AvgIpc) is 2.83. The van der Waals surface area contributed by atoms with Crippen LogP contribution in [0, 0.1) is 0 Å². The highest BCUT2D eigenvalue weighted by atomic mass is 32.2. The lowest BCUT2D eigenvalue weighted by Gasteiger charge is -2.51. The second-order valence-electron chi connectivity index (χ2n) is 6.85. The summed E-state index contributed by atoms with van der Waals surface area (Å²) in [6.07, 6.45) is 10.5. The minimum atomic E-state index is -3.14. The van der Waals surface area contributed by atoms with Crippen LogP contribution in [0.3, 0.4) is 0 Å². The van der Waals surface area contributed by atoms with Crippen LogP contribution in [0.4, 0.5) is 0 Å². The maximum Gasteiger partial charge on any atom is 0.211 e. The molecule has 0 amide bonds. The number of nitrogens with zero attached hydrogens (tertiary/aromatic N) is 4. The van der Waals surface area contributed by atoms with Gasteiger partial charge >= 0.3 is 0 Å². The zero-order valence-electron chi connectivity index (χ0n) is 13.5. The molecule has 2 aliphatic rings. The quantitative estimate of drug-likeness (QED) is 0.837. The van der Waals surface area contributed by atoms with Gasteiger partial charge in [0.25, 0.3) is 0 Å². The standard InChI is InChI=1S/C15H26N4O2S/c1-17-11-14(10-16-17)12-18-8-5-7-15(13-18)6-3-4-9-19(15)22(2,20)21/h10-11H,3-9,12-13H2,1-2H3/t15-/m1/s1. The third kappa shape index (κ3) is 3.21. The number of rotatable bonds is 3. The Morgan fingerprint density at radius 3 is 2.68 bits per heavy atom. The van der Waals surface area contributed by atoms with Crippen LogP contribution in [0.15, 0.2) is 12.4 Å². The molecule has 0 aromatic carbocycles. The zero-order chi connectivity index (χ0) is 15.8. The minimum absolute atomic E-state index is 0.188. The van der Waals surface area contributed by atoms with E-state index >= 15 is 0 Å².